The van der Waals surface area contributed by atoms with Crippen LogP contribution in [0.3, 0.4) is 0 Å². The quantitative estimate of drug-likeness (QED) is 0.807. The SMILES string of the molecule is CC(C)[C@@H](Nc1ncc(Cl)cn1)C(N)=O. The number of amides is 1. The fourth-order valence-electron chi connectivity index (χ4n) is 1.09. The van der Waals surface area contributed by atoms with Crippen LogP contribution in [0, 0.1) is 5.92 Å². The Hall–Kier alpha value is -1.36. The highest BCUT2D eigenvalue weighted by Crippen LogP contribution is 2.10. The summed E-state index contributed by atoms with van der Waals surface area (Å²) in [6.45, 7) is 3.77. The Morgan fingerprint density at radius 1 is 1.47 bits per heavy atom. The number of aromatic nitrogens is 2. The van der Waals surface area contributed by atoms with Crippen LogP contribution in [0.25, 0.3) is 0 Å². The molecule has 5 nitrogen and oxygen atoms in total. The zero-order valence-corrected chi connectivity index (χ0v) is 9.32. The molecule has 0 spiro atoms. The fraction of sp³-hybridized carbons (Fsp3) is 0.444. The maximum atomic E-state index is 11.1. The van der Waals surface area contributed by atoms with Gasteiger partial charge in [-0.2, -0.15) is 0 Å². The van der Waals surface area contributed by atoms with Crippen LogP contribution in [0.5, 0.6) is 0 Å². The van der Waals surface area contributed by atoms with Gasteiger partial charge in [-0.3, -0.25) is 4.79 Å². The number of hydrogen-bond donors (Lipinski definition) is 2. The number of carbonyl (C=O) groups excluding carboxylic acids is 1. The second-order valence-corrected chi connectivity index (χ2v) is 3.93. The summed E-state index contributed by atoms with van der Waals surface area (Å²) in [6, 6.07) is -0.480. The zero-order chi connectivity index (χ0) is 11.4. The van der Waals surface area contributed by atoms with E-state index in [9.17, 15) is 4.79 Å². The molecule has 82 valence electrons. The number of hydrogen-bond acceptors (Lipinski definition) is 4. The molecule has 1 amide bonds. The van der Waals surface area contributed by atoms with Crippen LogP contribution in [0.15, 0.2) is 12.4 Å². The summed E-state index contributed by atoms with van der Waals surface area (Å²) in [7, 11) is 0. The molecule has 0 saturated heterocycles. The number of nitrogens with two attached hydrogens (primary N) is 1. The molecule has 1 heterocycles. The Morgan fingerprint density at radius 2 is 2.00 bits per heavy atom. The minimum atomic E-state index is -0.480. The first-order valence-electron chi connectivity index (χ1n) is 4.54. The number of nitrogens with one attached hydrogen (secondary N) is 1. The normalized spacial score (nSPS) is 12.5. The van der Waals surface area contributed by atoms with Crippen molar-refractivity contribution in [3.63, 3.8) is 0 Å². The molecule has 0 radical (unpaired) electrons. The molecule has 0 unspecified atom stereocenters. The molecule has 1 aromatic rings. The number of rotatable bonds is 4. The lowest BCUT2D eigenvalue weighted by Gasteiger charge is -2.18. The number of anilines is 1. The van der Waals surface area contributed by atoms with Crippen LogP contribution in [0.2, 0.25) is 5.02 Å². The average molecular weight is 229 g/mol. The van der Waals surface area contributed by atoms with Crippen LogP contribution < -0.4 is 11.1 Å². The van der Waals surface area contributed by atoms with Gasteiger partial charge in [0.2, 0.25) is 11.9 Å². The molecular weight excluding hydrogens is 216 g/mol. The largest absolute Gasteiger partial charge is 0.368 e. The highest BCUT2D eigenvalue weighted by Gasteiger charge is 2.19. The summed E-state index contributed by atoms with van der Waals surface area (Å²) in [4.78, 5) is 18.9. The maximum Gasteiger partial charge on any atom is 0.240 e. The van der Waals surface area contributed by atoms with E-state index < -0.39 is 11.9 Å². The topological polar surface area (TPSA) is 80.9 Å². The summed E-state index contributed by atoms with van der Waals surface area (Å²) in [6.07, 6.45) is 2.91. The van der Waals surface area contributed by atoms with Gasteiger partial charge < -0.3 is 11.1 Å². The molecule has 0 fully saturated rings. The summed E-state index contributed by atoms with van der Waals surface area (Å²) < 4.78 is 0. The molecule has 0 bridgehead atoms. The van der Waals surface area contributed by atoms with E-state index >= 15 is 0 Å². The first-order chi connectivity index (χ1) is 7.00. The Labute approximate surface area is 93.0 Å². The first-order valence-corrected chi connectivity index (χ1v) is 4.92. The van der Waals surface area contributed by atoms with E-state index in [-0.39, 0.29) is 5.92 Å². The predicted molar refractivity (Wildman–Crippen MR) is 58.5 cm³/mol. The van der Waals surface area contributed by atoms with E-state index in [1.54, 1.807) is 0 Å². The molecular formula is C9H13ClN4O. The molecule has 1 aromatic heterocycles. The van der Waals surface area contributed by atoms with Gasteiger partial charge in [-0.15, -0.1) is 0 Å². The third kappa shape index (κ3) is 3.36. The van der Waals surface area contributed by atoms with E-state index in [1.165, 1.54) is 12.4 Å². The second kappa shape index (κ2) is 4.93. The van der Waals surface area contributed by atoms with Crippen molar-refractivity contribution in [1.82, 2.24) is 9.97 Å². The smallest absolute Gasteiger partial charge is 0.240 e. The summed E-state index contributed by atoms with van der Waals surface area (Å²) in [5.41, 5.74) is 5.23. The van der Waals surface area contributed by atoms with Gasteiger partial charge in [-0.25, -0.2) is 9.97 Å². The van der Waals surface area contributed by atoms with Crippen molar-refractivity contribution < 1.29 is 4.79 Å². The van der Waals surface area contributed by atoms with Gasteiger partial charge in [0.15, 0.2) is 0 Å². The number of primary amides is 1. The van der Waals surface area contributed by atoms with Gasteiger partial charge in [0.25, 0.3) is 0 Å². The molecule has 0 aliphatic rings. The van der Waals surface area contributed by atoms with Crippen molar-refractivity contribution in [2.24, 2.45) is 11.7 Å². The van der Waals surface area contributed by atoms with Gasteiger partial charge in [-0.1, -0.05) is 25.4 Å². The standard InChI is InChI=1S/C9H13ClN4O/c1-5(2)7(8(11)15)14-9-12-3-6(10)4-13-9/h3-5,7H,1-2H3,(H2,11,15)(H,12,13,14)/t7-/m1/s1. The van der Waals surface area contributed by atoms with Gasteiger partial charge in [0.1, 0.15) is 6.04 Å². The highest BCUT2D eigenvalue weighted by atomic mass is 35.5. The minimum Gasteiger partial charge on any atom is -0.368 e. The molecule has 0 aromatic carbocycles. The van der Waals surface area contributed by atoms with E-state index in [1.807, 2.05) is 13.8 Å². The van der Waals surface area contributed by atoms with Crippen molar-refractivity contribution in [3.05, 3.63) is 17.4 Å². The summed E-state index contributed by atoms with van der Waals surface area (Å²) in [5, 5.41) is 3.29. The van der Waals surface area contributed by atoms with Crippen LogP contribution in [0.4, 0.5) is 5.95 Å². The van der Waals surface area contributed by atoms with Crippen molar-refractivity contribution >= 4 is 23.5 Å². The second-order valence-electron chi connectivity index (χ2n) is 3.49. The van der Waals surface area contributed by atoms with Crippen LogP contribution in [0.1, 0.15) is 13.8 Å². The van der Waals surface area contributed by atoms with E-state index in [2.05, 4.69) is 15.3 Å². The average Bonchev–Trinajstić information content (AvgIpc) is 2.15. The lowest BCUT2D eigenvalue weighted by molar-refractivity contribution is -0.119. The molecule has 1 atom stereocenters. The van der Waals surface area contributed by atoms with E-state index in [0.29, 0.717) is 11.0 Å². The van der Waals surface area contributed by atoms with Crippen molar-refractivity contribution in [2.45, 2.75) is 19.9 Å². The molecule has 3 N–H and O–H groups in total. The third-order valence-electron chi connectivity index (χ3n) is 1.88. The first kappa shape index (κ1) is 11.7. The number of carbonyl (C=O) groups is 1. The maximum absolute atomic E-state index is 11.1. The Kier molecular flexibility index (Phi) is 3.85. The van der Waals surface area contributed by atoms with Gasteiger partial charge >= 0.3 is 0 Å². The number of halogens is 1. The highest BCUT2D eigenvalue weighted by molar-refractivity contribution is 6.30. The lowest BCUT2D eigenvalue weighted by atomic mass is 10.0. The predicted octanol–water partition coefficient (Wildman–Crippen LogP) is 1.05. The third-order valence-corrected chi connectivity index (χ3v) is 2.07. The Balaban J connectivity index is 2.74. The lowest BCUT2D eigenvalue weighted by Crippen LogP contribution is -2.40. The molecule has 0 aliphatic heterocycles. The Bertz CT molecular complexity index is 338. The van der Waals surface area contributed by atoms with E-state index in [0.717, 1.165) is 0 Å². The summed E-state index contributed by atoms with van der Waals surface area (Å²) in [5.74, 6) is -0.0118. The zero-order valence-electron chi connectivity index (χ0n) is 8.57. The molecule has 0 saturated carbocycles. The van der Waals surface area contributed by atoms with Crippen LogP contribution in [-0.4, -0.2) is 21.9 Å². The van der Waals surface area contributed by atoms with Crippen LogP contribution in [-0.2, 0) is 4.79 Å². The van der Waals surface area contributed by atoms with Crippen molar-refractivity contribution in [3.8, 4) is 0 Å². The minimum absolute atomic E-state index is 0.0711. The van der Waals surface area contributed by atoms with Gasteiger partial charge in [0.05, 0.1) is 17.4 Å². The Morgan fingerprint density at radius 3 is 2.40 bits per heavy atom. The monoisotopic (exact) mass is 228 g/mol. The number of nitrogens with zero attached hydrogens (tertiary/aromatic N) is 2. The summed E-state index contributed by atoms with van der Waals surface area (Å²) >= 11 is 5.63. The molecule has 0 aliphatic carbocycles. The van der Waals surface area contributed by atoms with Crippen molar-refractivity contribution in [1.29, 1.82) is 0 Å². The molecule has 15 heavy (non-hydrogen) atoms. The molecule has 1 rings (SSSR count). The van der Waals surface area contributed by atoms with Gasteiger partial charge in [0, 0.05) is 0 Å². The van der Waals surface area contributed by atoms with Crippen molar-refractivity contribution in [2.75, 3.05) is 5.32 Å². The van der Waals surface area contributed by atoms with Crippen LogP contribution >= 0.6 is 11.6 Å². The fourth-order valence-corrected chi connectivity index (χ4v) is 1.19. The van der Waals surface area contributed by atoms with Gasteiger partial charge in [-0.05, 0) is 5.92 Å². The molecule has 6 heteroatoms. The van der Waals surface area contributed by atoms with E-state index in [4.69, 9.17) is 17.3 Å².